The lowest BCUT2D eigenvalue weighted by Crippen LogP contribution is -2.07. The van der Waals surface area contributed by atoms with E-state index < -0.39 is 11.9 Å². The average molecular weight is 287 g/mol. The highest BCUT2D eigenvalue weighted by atomic mass is 35.5. The minimum atomic E-state index is -4.54. The predicted octanol–water partition coefficient (Wildman–Crippen LogP) is 3.42. The van der Waals surface area contributed by atoms with Gasteiger partial charge in [0.15, 0.2) is 5.69 Å². The molecule has 0 saturated carbocycles. The molecule has 2 aromatic heterocycles. The minimum absolute atomic E-state index is 0.140. The number of hydrogen-bond acceptors (Lipinski definition) is 2. The van der Waals surface area contributed by atoms with Gasteiger partial charge in [0.25, 0.3) is 0 Å². The van der Waals surface area contributed by atoms with Gasteiger partial charge in [-0.25, -0.2) is 4.98 Å². The van der Waals surface area contributed by atoms with Crippen LogP contribution in [0.15, 0.2) is 30.3 Å². The summed E-state index contributed by atoms with van der Waals surface area (Å²) in [6.07, 6.45) is -4.54. The number of rotatable bonds is 1. The van der Waals surface area contributed by atoms with Gasteiger partial charge in [-0.1, -0.05) is 23.7 Å². The van der Waals surface area contributed by atoms with Crippen LogP contribution in [0.25, 0.3) is 17.0 Å². The maximum Gasteiger partial charge on any atom is 0.435 e. The molecule has 0 aliphatic rings. The third-order valence-electron chi connectivity index (χ3n) is 2.53. The number of aromatic nitrogens is 4. The fraction of sp³-hybridized carbons (Fsp3) is 0.0909. The van der Waals surface area contributed by atoms with E-state index in [1.54, 1.807) is 24.3 Å². The Kier molecular flexibility index (Phi) is 2.53. The first-order valence-corrected chi connectivity index (χ1v) is 5.61. The van der Waals surface area contributed by atoms with E-state index >= 15 is 0 Å². The molecule has 0 spiro atoms. The van der Waals surface area contributed by atoms with Crippen molar-refractivity contribution in [1.82, 2.24) is 19.7 Å². The van der Waals surface area contributed by atoms with Gasteiger partial charge in [0.2, 0.25) is 5.95 Å². The van der Waals surface area contributed by atoms with Crippen LogP contribution in [0.2, 0.25) is 5.15 Å². The minimum Gasteiger partial charge on any atom is -0.322 e. The van der Waals surface area contributed by atoms with Crippen LogP contribution in [0.3, 0.4) is 0 Å². The van der Waals surface area contributed by atoms with Gasteiger partial charge in [-0.3, -0.25) is 0 Å². The zero-order valence-corrected chi connectivity index (χ0v) is 10.00. The maximum absolute atomic E-state index is 12.5. The van der Waals surface area contributed by atoms with E-state index in [0.29, 0.717) is 11.0 Å². The Morgan fingerprint density at radius 3 is 2.58 bits per heavy atom. The number of hydrogen-bond donors (Lipinski definition) is 1. The molecule has 8 heteroatoms. The molecule has 4 nitrogen and oxygen atoms in total. The zero-order valence-electron chi connectivity index (χ0n) is 9.24. The second-order valence-corrected chi connectivity index (χ2v) is 4.23. The largest absolute Gasteiger partial charge is 0.435 e. The van der Waals surface area contributed by atoms with Gasteiger partial charge in [0.1, 0.15) is 5.15 Å². The molecule has 0 saturated heterocycles. The smallest absolute Gasteiger partial charge is 0.322 e. The number of aromatic amines is 1. The van der Waals surface area contributed by atoms with Gasteiger partial charge >= 0.3 is 6.18 Å². The van der Waals surface area contributed by atoms with Gasteiger partial charge in [-0.15, -0.1) is 0 Å². The Balaban J connectivity index is 2.13. The first-order valence-electron chi connectivity index (χ1n) is 5.23. The quantitative estimate of drug-likeness (QED) is 0.745. The maximum atomic E-state index is 12.5. The lowest BCUT2D eigenvalue weighted by Gasteiger charge is -2.00. The van der Waals surface area contributed by atoms with Crippen LogP contribution in [0.5, 0.6) is 0 Å². The summed E-state index contributed by atoms with van der Waals surface area (Å²) in [5.41, 5.74) is 0.258. The fourth-order valence-corrected chi connectivity index (χ4v) is 1.91. The average Bonchev–Trinajstić information content (AvgIpc) is 2.90. The van der Waals surface area contributed by atoms with Gasteiger partial charge in [-0.05, 0) is 12.1 Å². The normalized spacial score (nSPS) is 12.2. The summed E-state index contributed by atoms with van der Waals surface area (Å²) in [5, 5.41) is 3.25. The highest BCUT2D eigenvalue weighted by Gasteiger charge is 2.35. The van der Waals surface area contributed by atoms with E-state index in [-0.39, 0.29) is 11.1 Å². The molecule has 1 N–H and O–H groups in total. The Morgan fingerprint density at radius 2 is 1.95 bits per heavy atom. The van der Waals surface area contributed by atoms with E-state index in [2.05, 4.69) is 15.1 Å². The first kappa shape index (κ1) is 12.0. The van der Waals surface area contributed by atoms with Crippen molar-refractivity contribution in [2.75, 3.05) is 0 Å². The molecule has 0 atom stereocenters. The standard InChI is InChI=1S/C11H6ClF3N4/c12-9-5-8(11(13,14)15)18-19(9)10-16-6-3-1-2-4-7(6)17-10/h1-5H,(H,16,17). The summed E-state index contributed by atoms with van der Waals surface area (Å²) in [7, 11) is 0. The molecule has 3 aromatic rings. The number of imidazole rings is 1. The number of para-hydroxylation sites is 2. The second-order valence-electron chi connectivity index (χ2n) is 3.84. The van der Waals surface area contributed by atoms with Gasteiger partial charge in [-0.2, -0.15) is 23.0 Å². The lowest BCUT2D eigenvalue weighted by atomic mass is 10.3. The summed E-state index contributed by atoms with van der Waals surface area (Å²) in [4.78, 5) is 6.99. The molecular weight excluding hydrogens is 281 g/mol. The molecule has 0 radical (unpaired) electrons. The van der Waals surface area contributed by atoms with Crippen molar-refractivity contribution in [3.05, 3.63) is 41.2 Å². The van der Waals surface area contributed by atoms with Crippen LogP contribution >= 0.6 is 11.6 Å². The highest BCUT2D eigenvalue weighted by Crippen LogP contribution is 2.30. The molecule has 19 heavy (non-hydrogen) atoms. The van der Waals surface area contributed by atoms with Gasteiger partial charge in [0, 0.05) is 6.07 Å². The number of fused-ring (bicyclic) bond motifs is 1. The topological polar surface area (TPSA) is 46.5 Å². The number of halogens is 4. The SMILES string of the molecule is FC(F)(F)c1cc(Cl)n(-c2nc3ccccc3[nH]2)n1. The molecule has 0 bridgehead atoms. The molecule has 98 valence electrons. The molecule has 1 aromatic carbocycles. The molecular formula is C11H6ClF3N4. The van der Waals surface area contributed by atoms with Crippen LogP contribution in [0, 0.1) is 0 Å². The highest BCUT2D eigenvalue weighted by molar-refractivity contribution is 6.29. The Labute approximate surface area is 109 Å². The zero-order chi connectivity index (χ0) is 13.6. The number of H-pyrrole nitrogens is 1. The summed E-state index contributed by atoms with van der Waals surface area (Å²) in [5.74, 6) is 0.140. The van der Waals surface area contributed by atoms with Crippen molar-refractivity contribution in [1.29, 1.82) is 0 Å². The third kappa shape index (κ3) is 2.06. The molecule has 2 heterocycles. The molecule has 0 amide bonds. The Bertz CT molecular complexity index is 711. The summed E-state index contributed by atoms with van der Waals surface area (Å²) < 4.78 is 38.5. The second kappa shape index (κ2) is 3.99. The number of nitrogens with one attached hydrogen (secondary N) is 1. The van der Waals surface area contributed by atoms with Crippen molar-refractivity contribution in [3.8, 4) is 5.95 Å². The van der Waals surface area contributed by atoms with Gasteiger partial charge in [0.05, 0.1) is 11.0 Å². The Morgan fingerprint density at radius 1 is 1.21 bits per heavy atom. The van der Waals surface area contributed by atoms with E-state index in [1.807, 2.05) is 0 Å². The van der Waals surface area contributed by atoms with Crippen LogP contribution in [0.1, 0.15) is 5.69 Å². The van der Waals surface area contributed by atoms with E-state index in [4.69, 9.17) is 11.6 Å². The summed E-state index contributed by atoms with van der Waals surface area (Å²) >= 11 is 5.75. The van der Waals surface area contributed by atoms with E-state index in [0.717, 1.165) is 10.7 Å². The van der Waals surface area contributed by atoms with Crippen molar-refractivity contribution in [3.63, 3.8) is 0 Å². The molecule has 0 unspecified atom stereocenters. The Hall–Kier alpha value is -2.02. The van der Waals surface area contributed by atoms with E-state index in [9.17, 15) is 13.2 Å². The van der Waals surface area contributed by atoms with Gasteiger partial charge < -0.3 is 4.98 Å². The molecule has 0 fully saturated rings. The molecule has 3 rings (SSSR count). The first-order chi connectivity index (χ1) is 8.95. The lowest BCUT2D eigenvalue weighted by molar-refractivity contribution is -0.141. The number of alkyl halides is 3. The van der Waals surface area contributed by atoms with Crippen LogP contribution in [0.4, 0.5) is 13.2 Å². The fourth-order valence-electron chi connectivity index (χ4n) is 1.69. The van der Waals surface area contributed by atoms with Crippen molar-refractivity contribution < 1.29 is 13.2 Å². The van der Waals surface area contributed by atoms with Crippen molar-refractivity contribution in [2.45, 2.75) is 6.18 Å². The number of benzene rings is 1. The third-order valence-corrected chi connectivity index (χ3v) is 2.80. The molecule has 0 aliphatic heterocycles. The van der Waals surface area contributed by atoms with E-state index in [1.165, 1.54) is 0 Å². The van der Waals surface area contributed by atoms with Crippen molar-refractivity contribution >= 4 is 22.6 Å². The van der Waals surface area contributed by atoms with Crippen LogP contribution < -0.4 is 0 Å². The molecule has 0 aliphatic carbocycles. The monoisotopic (exact) mass is 286 g/mol. The van der Waals surface area contributed by atoms with Crippen LogP contribution in [-0.4, -0.2) is 19.7 Å². The summed E-state index contributed by atoms with van der Waals surface area (Å²) in [6.45, 7) is 0. The summed E-state index contributed by atoms with van der Waals surface area (Å²) in [6, 6.07) is 7.81. The van der Waals surface area contributed by atoms with Crippen molar-refractivity contribution in [2.24, 2.45) is 0 Å². The van der Waals surface area contributed by atoms with Crippen LogP contribution in [-0.2, 0) is 6.18 Å². The number of nitrogens with zero attached hydrogens (tertiary/aromatic N) is 3. The predicted molar refractivity (Wildman–Crippen MR) is 63.2 cm³/mol.